The molecule has 0 saturated heterocycles. The quantitative estimate of drug-likeness (QED) is 0.725. The van der Waals surface area contributed by atoms with Crippen LogP contribution in [-0.2, 0) is 14.8 Å². The molecule has 1 saturated carbocycles. The van der Waals surface area contributed by atoms with Gasteiger partial charge in [-0.25, -0.2) is 17.1 Å². The van der Waals surface area contributed by atoms with Gasteiger partial charge in [0.2, 0.25) is 15.9 Å². The molecule has 1 amide bonds. The highest BCUT2D eigenvalue weighted by Crippen LogP contribution is 2.26. The number of sulfonamides is 1. The summed E-state index contributed by atoms with van der Waals surface area (Å²) in [6.07, 6.45) is 5.18. The molecule has 0 spiro atoms. The van der Waals surface area contributed by atoms with Crippen molar-refractivity contribution in [1.82, 2.24) is 9.21 Å². The first kappa shape index (κ1) is 20.8. The van der Waals surface area contributed by atoms with Gasteiger partial charge in [-0.1, -0.05) is 6.92 Å². The molecule has 5 nitrogen and oxygen atoms in total. The van der Waals surface area contributed by atoms with E-state index in [1.54, 1.807) is 0 Å². The van der Waals surface area contributed by atoms with Gasteiger partial charge in [0.15, 0.2) is 0 Å². The van der Waals surface area contributed by atoms with Gasteiger partial charge in [0, 0.05) is 33.1 Å². The van der Waals surface area contributed by atoms with Crippen molar-refractivity contribution in [2.75, 3.05) is 20.6 Å². The van der Waals surface area contributed by atoms with E-state index >= 15 is 0 Å². The lowest BCUT2D eigenvalue weighted by molar-refractivity contribution is -0.132. The highest BCUT2D eigenvalue weighted by molar-refractivity contribution is 7.89. The fourth-order valence-electron chi connectivity index (χ4n) is 3.37. The molecule has 7 heteroatoms. The first-order valence-electron chi connectivity index (χ1n) is 9.19. The van der Waals surface area contributed by atoms with E-state index < -0.39 is 15.8 Å². The predicted octanol–water partition coefficient (Wildman–Crippen LogP) is 3.26. The lowest BCUT2D eigenvalue weighted by Gasteiger charge is -2.33. The molecule has 2 rings (SSSR count). The van der Waals surface area contributed by atoms with E-state index in [2.05, 4.69) is 6.92 Å². The number of hydrogen-bond acceptors (Lipinski definition) is 3. The first-order chi connectivity index (χ1) is 12.2. The highest BCUT2D eigenvalue weighted by atomic mass is 32.2. The number of halogens is 1. The van der Waals surface area contributed by atoms with Crippen LogP contribution in [0.1, 0.15) is 45.4 Å². The summed E-state index contributed by atoms with van der Waals surface area (Å²) in [5, 5.41) is 0. The molecular formula is C19H29FN2O3S. The third kappa shape index (κ3) is 5.27. The van der Waals surface area contributed by atoms with Gasteiger partial charge >= 0.3 is 0 Å². The van der Waals surface area contributed by atoms with Crippen LogP contribution in [0.5, 0.6) is 0 Å². The van der Waals surface area contributed by atoms with Crippen LogP contribution in [0, 0.1) is 11.7 Å². The van der Waals surface area contributed by atoms with Crippen LogP contribution >= 0.6 is 0 Å². The van der Waals surface area contributed by atoms with E-state index in [0.717, 1.165) is 43.7 Å². The number of carbonyl (C=O) groups excluding carboxylic acids is 1. The smallest absolute Gasteiger partial charge is 0.242 e. The minimum absolute atomic E-state index is 0.0566. The van der Waals surface area contributed by atoms with E-state index in [4.69, 9.17) is 0 Å². The second-order valence-corrected chi connectivity index (χ2v) is 9.35. The molecule has 0 unspecified atom stereocenters. The van der Waals surface area contributed by atoms with Crippen LogP contribution in [0.3, 0.4) is 0 Å². The van der Waals surface area contributed by atoms with Crippen molar-refractivity contribution in [3.05, 3.63) is 30.1 Å². The van der Waals surface area contributed by atoms with Gasteiger partial charge < -0.3 is 4.90 Å². The Hall–Kier alpha value is -1.47. The Morgan fingerprint density at radius 2 is 1.69 bits per heavy atom. The minimum Gasteiger partial charge on any atom is -0.343 e. The van der Waals surface area contributed by atoms with E-state index in [0.29, 0.717) is 18.9 Å². The van der Waals surface area contributed by atoms with Crippen molar-refractivity contribution < 1.29 is 17.6 Å². The molecule has 0 aromatic heterocycles. The number of nitrogens with zero attached hydrogens (tertiary/aromatic N) is 2. The summed E-state index contributed by atoms with van der Waals surface area (Å²) >= 11 is 0. The van der Waals surface area contributed by atoms with Crippen molar-refractivity contribution in [3.8, 4) is 0 Å². The molecular weight excluding hydrogens is 355 g/mol. The van der Waals surface area contributed by atoms with Gasteiger partial charge in [0.25, 0.3) is 0 Å². The zero-order valence-corrected chi connectivity index (χ0v) is 16.6. The van der Waals surface area contributed by atoms with Crippen LogP contribution in [0.15, 0.2) is 29.2 Å². The normalized spacial score (nSPS) is 21.0. The van der Waals surface area contributed by atoms with Crippen molar-refractivity contribution in [3.63, 3.8) is 0 Å². The van der Waals surface area contributed by atoms with Crippen molar-refractivity contribution >= 4 is 15.9 Å². The predicted molar refractivity (Wildman–Crippen MR) is 99.6 cm³/mol. The molecule has 0 radical (unpaired) electrons. The zero-order chi connectivity index (χ0) is 19.3. The zero-order valence-electron chi connectivity index (χ0n) is 15.8. The highest BCUT2D eigenvalue weighted by Gasteiger charge is 2.25. The monoisotopic (exact) mass is 384 g/mol. The lowest BCUT2D eigenvalue weighted by Crippen LogP contribution is -2.39. The number of hydrogen-bond donors (Lipinski definition) is 0. The number of benzene rings is 1. The Kier molecular flexibility index (Phi) is 7.17. The summed E-state index contributed by atoms with van der Waals surface area (Å²) in [5.74, 6) is 0.328. The number of rotatable bonds is 7. The van der Waals surface area contributed by atoms with E-state index in [1.807, 2.05) is 11.9 Å². The Labute approximate surface area is 156 Å². The molecule has 146 valence electrons. The fourth-order valence-corrected chi connectivity index (χ4v) is 4.58. The summed E-state index contributed by atoms with van der Waals surface area (Å²) in [5.41, 5.74) is 0. The molecule has 0 heterocycles. The van der Waals surface area contributed by atoms with Gasteiger partial charge in [-0.15, -0.1) is 0 Å². The van der Waals surface area contributed by atoms with Gasteiger partial charge in [0.1, 0.15) is 5.82 Å². The van der Waals surface area contributed by atoms with Gasteiger partial charge in [-0.2, -0.15) is 0 Å². The van der Waals surface area contributed by atoms with Gasteiger partial charge in [-0.05, 0) is 62.3 Å². The minimum atomic E-state index is -3.66. The first-order valence-corrected chi connectivity index (χ1v) is 10.6. The maximum atomic E-state index is 13.0. The average Bonchev–Trinajstić information content (AvgIpc) is 2.61. The van der Waals surface area contributed by atoms with Gasteiger partial charge in [0.05, 0.1) is 4.90 Å². The van der Waals surface area contributed by atoms with E-state index in [1.165, 1.54) is 23.5 Å². The third-order valence-electron chi connectivity index (χ3n) is 5.31. The lowest BCUT2D eigenvalue weighted by atomic mass is 9.86. The Bertz CT molecular complexity index is 698. The van der Waals surface area contributed by atoms with Crippen LogP contribution < -0.4 is 0 Å². The Balaban J connectivity index is 1.82. The van der Waals surface area contributed by atoms with Crippen LogP contribution in [-0.4, -0.2) is 50.2 Å². The molecule has 1 aromatic carbocycles. The number of carbonyl (C=O) groups is 1. The summed E-state index contributed by atoms with van der Waals surface area (Å²) in [4.78, 5) is 14.3. The molecule has 26 heavy (non-hydrogen) atoms. The molecule has 1 aromatic rings. The molecule has 0 bridgehead atoms. The topological polar surface area (TPSA) is 57.7 Å². The fraction of sp³-hybridized carbons (Fsp3) is 0.632. The van der Waals surface area contributed by atoms with Crippen LogP contribution in [0.25, 0.3) is 0 Å². The number of amides is 1. The molecule has 0 N–H and O–H groups in total. The van der Waals surface area contributed by atoms with Crippen molar-refractivity contribution in [2.45, 2.75) is 56.4 Å². The largest absolute Gasteiger partial charge is 0.343 e. The molecule has 0 atom stereocenters. The second kappa shape index (κ2) is 8.95. The summed E-state index contributed by atoms with van der Waals surface area (Å²) in [7, 11) is -0.328. The molecule has 1 aliphatic rings. The average molecular weight is 385 g/mol. The Morgan fingerprint density at radius 1 is 1.12 bits per heavy atom. The van der Waals surface area contributed by atoms with Crippen molar-refractivity contribution in [2.24, 2.45) is 5.92 Å². The summed E-state index contributed by atoms with van der Waals surface area (Å²) < 4.78 is 39.1. The van der Waals surface area contributed by atoms with Crippen LogP contribution in [0.2, 0.25) is 0 Å². The molecule has 1 fully saturated rings. The standard InChI is InChI=1S/C19H29FN2O3S/c1-15-6-10-17(11-7-15)22(3)19(23)5-4-14-21(2)26(24,25)18-12-8-16(20)9-13-18/h8-9,12-13,15,17H,4-7,10-11,14H2,1-3H3. The van der Waals surface area contributed by atoms with Gasteiger partial charge in [-0.3, -0.25) is 4.79 Å². The van der Waals surface area contributed by atoms with E-state index in [-0.39, 0.29) is 17.3 Å². The maximum absolute atomic E-state index is 13.0. The SMILES string of the molecule is CC1CCC(N(C)C(=O)CCCN(C)S(=O)(=O)c2ccc(F)cc2)CC1. The molecule has 0 aliphatic heterocycles. The third-order valence-corrected chi connectivity index (χ3v) is 7.18. The summed E-state index contributed by atoms with van der Waals surface area (Å²) in [6.45, 7) is 2.50. The maximum Gasteiger partial charge on any atom is 0.242 e. The summed E-state index contributed by atoms with van der Waals surface area (Å²) in [6, 6.07) is 5.07. The van der Waals surface area contributed by atoms with Crippen molar-refractivity contribution in [1.29, 1.82) is 0 Å². The van der Waals surface area contributed by atoms with E-state index in [9.17, 15) is 17.6 Å². The Morgan fingerprint density at radius 3 is 2.27 bits per heavy atom. The molecule has 1 aliphatic carbocycles. The second-order valence-electron chi connectivity index (χ2n) is 7.30. The van der Waals surface area contributed by atoms with Crippen LogP contribution in [0.4, 0.5) is 4.39 Å².